The van der Waals surface area contributed by atoms with Crippen LogP contribution in [0.25, 0.3) is 0 Å². The first-order valence-electron chi connectivity index (χ1n) is 6.79. The van der Waals surface area contributed by atoms with Crippen LogP contribution in [-0.4, -0.2) is 23.8 Å². The lowest BCUT2D eigenvalue weighted by Crippen LogP contribution is -2.13. The number of anilines is 1. The topological polar surface area (TPSA) is 66.5 Å². The number of nitrogens with two attached hydrogens (primary N) is 1. The molecule has 0 bridgehead atoms. The van der Waals surface area contributed by atoms with Crippen molar-refractivity contribution in [1.29, 1.82) is 0 Å². The molecule has 0 fully saturated rings. The molecule has 2 rings (SSSR count). The highest BCUT2D eigenvalue weighted by atomic mass is 16.5. The molecule has 0 spiro atoms. The number of nitrogens with zero attached hydrogens (tertiary/aromatic N) is 1. The van der Waals surface area contributed by atoms with Gasteiger partial charge in [-0.1, -0.05) is 12.1 Å². The number of carbonyl (C=O) groups is 1. The smallest absolute Gasteiger partial charge is 0.342 e. The molecule has 1 aromatic carbocycles. The number of aromatic nitrogens is 1. The predicted molar refractivity (Wildman–Crippen MR) is 81.5 cm³/mol. The molecule has 2 N–H and O–H groups in total. The van der Waals surface area contributed by atoms with Crippen LogP contribution in [0.3, 0.4) is 0 Å². The molecular formula is C16H20N2O3. The third kappa shape index (κ3) is 3.56. The van der Waals surface area contributed by atoms with Crippen molar-refractivity contribution in [3.8, 4) is 5.75 Å². The van der Waals surface area contributed by atoms with Gasteiger partial charge in [-0.2, -0.15) is 0 Å². The first-order valence-corrected chi connectivity index (χ1v) is 6.79. The zero-order chi connectivity index (χ0) is 15.4. The molecule has 5 nitrogen and oxygen atoms in total. The van der Waals surface area contributed by atoms with Gasteiger partial charge >= 0.3 is 5.97 Å². The molecule has 21 heavy (non-hydrogen) atoms. The number of esters is 1. The maximum absolute atomic E-state index is 11.9. The highest BCUT2D eigenvalue weighted by Gasteiger charge is 2.16. The Morgan fingerprint density at radius 1 is 1.24 bits per heavy atom. The number of hydrogen-bond donors (Lipinski definition) is 1. The molecule has 0 unspecified atom stereocenters. The van der Waals surface area contributed by atoms with E-state index in [1.165, 1.54) is 0 Å². The molecule has 0 amide bonds. The Kier molecular flexibility index (Phi) is 4.52. The number of carbonyl (C=O) groups excluding carboxylic acids is 1. The van der Waals surface area contributed by atoms with Crippen molar-refractivity contribution in [3.05, 3.63) is 47.7 Å². The van der Waals surface area contributed by atoms with Crippen LogP contribution in [-0.2, 0) is 11.3 Å². The van der Waals surface area contributed by atoms with Crippen molar-refractivity contribution in [3.63, 3.8) is 0 Å². The molecule has 1 heterocycles. The van der Waals surface area contributed by atoms with Crippen LogP contribution in [0.15, 0.2) is 36.5 Å². The van der Waals surface area contributed by atoms with Gasteiger partial charge < -0.3 is 19.8 Å². The first kappa shape index (κ1) is 15.0. The van der Waals surface area contributed by atoms with Crippen LogP contribution >= 0.6 is 0 Å². The van der Waals surface area contributed by atoms with Crippen molar-refractivity contribution in [1.82, 2.24) is 4.57 Å². The molecule has 0 saturated heterocycles. The number of nitrogen functional groups attached to an aromatic ring is 1. The summed E-state index contributed by atoms with van der Waals surface area (Å²) in [7, 11) is 1.63. The van der Waals surface area contributed by atoms with E-state index < -0.39 is 5.97 Å². The van der Waals surface area contributed by atoms with Crippen LogP contribution in [0.1, 0.15) is 29.8 Å². The summed E-state index contributed by atoms with van der Waals surface area (Å²) in [4.78, 5) is 11.9. The van der Waals surface area contributed by atoms with E-state index in [0.29, 0.717) is 17.9 Å². The van der Waals surface area contributed by atoms with Gasteiger partial charge in [0.2, 0.25) is 0 Å². The quantitative estimate of drug-likeness (QED) is 0.859. The molecule has 0 aliphatic rings. The largest absolute Gasteiger partial charge is 0.497 e. The third-order valence-electron chi connectivity index (χ3n) is 3.08. The Hall–Kier alpha value is -2.43. The summed E-state index contributed by atoms with van der Waals surface area (Å²) in [5.41, 5.74) is 7.49. The van der Waals surface area contributed by atoms with Gasteiger partial charge in [0.05, 0.1) is 13.2 Å². The number of benzene rings is 1. The normalized spacial score (nSPS) is 10.7. The van der Waals surface area contributed by atoms with E-state index in [4.69, 9.17) is 15.2 Å². The zero-order valence-electron chi connectivity index (χ0n) is 12.5. The number of hydrogen-bond acceptors (Lipinski definition) is 4. The number of methoxy groups -OCH3 is 1. The summed E-state index contributed by atoms with van der Waals surface area (Å²) < 4.78 is 12.1. The van der Waals surface area contributed by atoms with E-state index in [2.05, 4.69) is 0 Å². The molecule has 2 aromatic rings. The van der Waals surface area contributed by atoms with E-state index in [0.717, 1.165) is 11.3 Å². The fourth-order valence-electron chi connectivity index (χ4n) is 2.00. The average Bonchev–Trinajstić information content (AvgIpc) is 2.80. The van der Waals surface area contributed by atoms with Gasteiger partial charge in [0, 0.05) is 12.7 Å². The van der Waals surface area contributed by atoms with Crippen LogP contribution in [0.4, 0.5) is 5.82 Å². The summed E-state index contributed by atoms with van der Waals surface area (Å²) >= 11 is 0. The zero-order valence-corrected chi connectivity index (χ0v) is 12.5. The summed E-state index contributed by atoms with van der Waals surface area (Å²) in [5, 5.41) is 0. The van der Waals surface area contributed by atoms with Gasteiger partial charge in [0.15, 0.2) is 0 Å². The van der Waals surface area contributed by atoms with Gasteiger partial charge in [0.1, 0.15) is 17.1 Å². The lowest BCUT2D eigenvalue weighted by molar-refractivity contribution is 0.0379. The van der Waals surface area contributed by atoms with Crippen LogP contribution in [0, 0.1) is 0 Å². The fraction of sp³-hybridized carbons (Fsp3) is 0.312. The highest BCUT2D eigenvalue weighted by Crippen LogP contribution is 2.19. The molecule has 0 atom stereocenters. The van der Waals surface area contributed by atoms with Crippen LogP contribution < -0.4 is 10.5 Å². The van der Waals surface area contributed by atoms with Gasteiger partial charge in [-0.15, -0.1) is 0 Å². The highest BCUT2D eigenvalue weighted by molar-refractivity contribution is 5.94. The molecule has 112 valence electrons. The van der Waals surface area contributed by atoms with E-state index in [9.17, 15) is 4.79 Å². The van der Waals surface area contributed by atoms with Crippen LogP contribution in [0.2, 0.25) is 0 Å². The number of rotatable bonds is 5. The average molecular weight is 288 g/mol. The molecular weight excluding hydrogens is 268 g/mol. The second-order valence-electron chi connectivity index (χ2n) is 5.04. The second-order valence-corrected chi connectivity index (χ2v) is 5.04. The SMILES string of the molecule is COc1ccc(Cn2ccc(C(=O)OC(C)C)c2N)cc1. The summed E-state index contributed by atoms with van der Waals surface area (Å²) in [5.74, 6) is 0.827. The van der Waals surface area contributed by atoms with Crippen LogP contribution in [0.5, 0.6) is 5.75 Å². The Balaban J connectivity index is 2.14. The predicted octanol–water partition coefficient (Wildman–Crippen LogP) is 2.69. The minimum Gasteiger partial charge on any atom is -0.497 e. The Bertz CT molecular complexity index is 615. The first-order chi connectivity index (χ1) is 10.0. The summed E-state index contributed by atoms with van der Waals surface area (Å²) in [6, 6.07) is 9.39. The van der Waals surface area contributed by atoms with Gasteiger partial charge in [0.25, 0.3) is 0 Å². The minimum absolute atomic E-state index is 0.165. The van der Waals surface area contributed by atoms with Gasteiger partial charge in [-0.25, -0.2) is 4.79 Å². The van der Waals surface area contributed by atoms with E-state index in [-0.39, 0.29) is 6.10 Å². The molecule has 5 heteroatoms. The standard InChI is InChI=1S/C16H20N2O3/c1-11(2)21-16(19)14-8-9-18(15(14)17)10-12-4-6-13(20-3)7-5-12/h4-9,11H,10,17H2,1-3H3. The summed E-state index contributed by atoms with van der Waals surface area (Å²) in [6.07, 6.45) is 1.62. The van der Waals surface area contributed by atoms with Crippen molar-refractivity contribution < 1.29 is 14.3 Å². The lowest BCUT2D eigenvalue weighted by atomic mass is 10.2. The monoisotopic (exact) mass is 288 g/mol. The molecule has 0 aliphatic carbocycles. The fourth-order valence-corrected chi connectivity index (χ4v) is 2.00. The van der Waals surface area contributed by atoms with Gasteiger partial charge in [-0.3, -0.25) is 0 Å². The second kappa shape index (κ2) is 6.35. The van der Waals surface area contributed by atoms with Crippen molar-refractivity contribution >= 4 is 11.8 Å². The Labute approximate surface area is 124 Å². The molecule has 0 saturated carbocycles. The Morgan fingerprint density at radius 3 is 2.48 bits per heavy atom. The summed E-state index contributed by atoms with van der Waals surface area (Å²) in [6.45, 7) is 4.20. The number of ether oxygens (including phenoxy) is 2. The van der Waals surface area contributed by atoms with E-state index in [1.807, 2.05) is 42.7 Å². The van der Waals surface area contributed by atoms with Crippen molar-refractivity contribution in [2.24, 2.45) is 0 Å². The van der Waals surface area contributed by atoms with Crippen molar-refractivity contribution in [2.45, 2.75) is 26.5 Å². The Morgan fingerprint density at radius 2 is 1.90 bits per heavy atom. The minimum atomic E-state index is -0.393. The molecule has 0 aliphatic heterocycles. The maximum atomic E-state index is 11.9. The molecule has 1 aromatic heterocycles. The third-order valence-corrected chi connectivity index (χ3v) is 3.08. The maximum Gasteiger partial charge on any atom is 0.342 e. The van der Waals surface area contributed by atoms with E-state index in [1.54, 1.807) is 19.4 Å². The lowest BCUT2D eigenvalue weighted by Gasteiger charge is -2.10. The molecule has 0 radical (unpaired) electrons. The van der Waals surface area contributed by atoms with Crippen molar-refractivity contribution in [2.75, 3.05) is 12.8 Å². The van der Waals surface area contributed by atoms with Gasteiger partial charge in [-0.05, 0) is 37.6 Å². The van der Waals surface area contributed by atoms with E-state index >= 15 is 0 Å².